The lowest BCUT2D eigenvalue weighted by atomic mass is 9.61. The highest BCUT2D eigenvalue weighted by atomic mass is 16.8. The van der Waals surface area contributed by atoms with Crippen molar-refractivity contribution < 1.29 is 59.9 Å². The molecule has 5 aliphatic rings. The van der Waals surface area contributed by atoms with Crippen molar-refractivity contribution in [3.8, 4) is 17.2 Å². The second kappa shape index (κ2) is 17.2. The fourth-order valence-corrected chi connectivity index (χ4v) is 11.8. The van der Waals surface area contributed by atoms with Crippen molar-refractivity contribution in [2.24, 2.45) is 11.7 Å². The third kappa shape index (κ3) is 7.08. The van der Waals surface area contributed by atoms with Crippen molar-refractivity contribution in [1.82, 2.24) is 15.0 Å². The maximum atomic E-state index is 15.0. The number of anilines is 2. The first-order chi connectivity index (χ1) is 32.7. The number of benzene rings is 3. The highest BCUT2D eigenvalue weighted by molar-refractivity contribution is 6.13. The van der Waals surface area contributed by atoms with E-state index < -0.39 is 89.2 Å². The molecular weight excluding hydrogens is 877 g/mol. The lowest BCUT2D eigenvalue weighted by molar-refractivity contribution is -0.422. The molecule has 10 rings (SSSR count). The van der Waals surface area contributed by atoms with Crippen LogP contribution in [0, 0.1) is 5.92 Å². The van der Waals surface area contributed by atoms with Gasteiger partial charge >= 0.3 is 11.9 Å². The van der Waals surface area contributed by atoms with Crippen LogP contribution in [0.5, 0.6) is 17.2 Å². The van der Waals surface area contributed by atoms with Gasteiger partial charge in [0.2, 0.25) is 0 Å². The van der Waals surface area contributed by atoms with Gasteiger partial charge in [-0.2, -0.15) is 0 Å². The van der Waals surface area contributed by atoms with Gasteiger partial charge in [0.25, 0.3) is 5.91 Å². The number of rotatable bonds is 12. The van der Waals surface area contributed by atoms with Crippen LogP contribution in [0.15, 0.2) is 104 Å². The number of hydrogen-bond donors (Lipinski definition) is 12. The van der Waals surface area contributed by atoms with E-state index in [0.717, 1.165) is 46.6 Å². The number of phenols is 2. The summed E-state index contributed by atoms with van der Waals surface area (Å²) in [6, 6.07) is 20.4. The minimum atomic E-state index is -3.14. The molecule has 2 aromatic heterocycles. The minimum Gasteiger partial charge on any atom is -0.508 e. The Morgan fingerprint density at radius 1 is 0.971 bits per heavy atom. The number of carboxylic acids is 1. The number of imidazole rings is 1. The minimum absolute atomic E-state index is 0.0159. The molecule has 5 aromatic rings. The SMILES string of the molecule is NC1CCCC1(c1ccccc1)C1C=CC2(C(=O)O)C1c1cc(O)c(OC3(O)OC(CO)C(O)C(O)C3O)cc1N2C(=O)C=Cc1ccc(O)c(C2CCC(CNc3ccc[nH]3)c3nc[nH]c32)c1. The van der Waals surface area contributed by atoms with Crippen LogP contribution in [0.2, 0.25) is 0 Å². The number of nitrogens with two attached hydrogens (primary N) is 1. The van der Waals surface area contributed by atoms with Crippen molar-refractivity contribution in [2.75, 3.05) is 23.4 Å². The van der Waals surface area contributed by atoms with E-state index >= 15 is 4.79 Å². The van der Waals surface area contributed by atoms with Gasteiger partial charge in [-0.15, -0.1) is 0 Å². The van der Waals surface area contributed by atoms with E-state index in [1.165, 1.54) is 24.3 Å². The molecule has 0 spiro atoms. The number of nitrogens with zero attached hydrogens (tertiary/aromatic N) is 2. The van der Waals surface area contributed by atoms with Crippen LogP contribution >= 0.6 is 0 Å². The molecule has 13 N–H and O–H groups in total. The number of H-pyrrole nitrogens is 2. The van der Waals surface area contributed by atoms with Crippen LogP contribution in [-0.4, -0.2) is 123 Å². The number of aliphatic hydroxyl groups excluding tert-OH is 4. The molecule has 12 atom stereocenters. The Labute approximate surface area is 390 Å². The third-order valence-electron chi connectivity index (χ3n) is 15.1. The van der Waals surface area contributed by atoms with E-state index in [9.17, 15) is 45.6 Å². The molecule has 12 unspecified atom stereocenters. The summed E-state index contributed by atoms with van der Waals surface area (Å²) < 4.78 is 11.0. The molecule has 3 aliphatic carbocycles. The molecule has 68 heavy (non-hydrogen) atoms. The zero-order valence-electron chi connectivity index (χ0n) is 36.7. The van der Waals surface area contributed by atoms with E-state index in [-0.39, 0.29) is 28.8 Å². The summed E-state index contributed by atoms with van der Waals surface area (Å²) in [7, 11) is 0. The number of amides is 1. The van der Waals surface area contributed by atoms with Crippen molar-refractivity contribution in [2.45, 2.75) is 97.2 Å². The van der Waals surface area contributed by atoms with Gasteiger partial charge in [-0.05, 0) is 84.7 Å². The van der Waals surface area contributed by atoms with Gasteiger partial charge in [0, 0.05) is 65.4 Å². The first-order valence-electron chi connectivity index (χ1n) is 22.8. The molecule has 0 radical (unpaired) electrons. The predicted molar refractivity (Wildman–Crippen MR) is 246 cm³/mol. The zero-order chi connectivity index (χ0) is 47.7. The second-order valence-corrected chi connectivity index (χ2v) is 18.6. The van der Waals surface area contributed by atoms with Gasteiger partial charge in [-0.1, -0.05) is 55.0 Å². The Morgan fingerprint density at radius 3 is 2.50 bits per heavy atom. The number of ether oxygens (including phenoxy) is 2. The number of fused-ring (bicyclic) bond motifs is 4. The summed E-state index contributed by atoms with van der Waals surface area (Å²) in [5, 5.41) is 90.9. The molecule has 2 aliphatic heterocycles. The highest BCUT2D eigenvalue weighted by Crippen LogP contribution is 2.64. The summed E-state index contributed by atoms with van der Waals surface area (Å²) >= 11 is 0. The summed E-state index contributed by atoms with van der Waals surface area (Å²) in [5.74, 6) is -7.36. The Kier molecular flexibility index (Phi) is 11.5. The van der Waals surface area contributed by atoms with Crippen molar-refractivity contribution in [3.05, 3.63) is 137 Å². The standard InChI is InChI=1S/C50H54N6O12/c51-38-8-4-17-48(38,28-6-2-1-3-7-28)32-16-18-49(47(64)65)41(32)31-21-35(59)36(67-50(66)46(63)45(62)44(61)37(24-57)68-50)22-33(31)56(49)40(60)15-11-26-10-14-34(58)30(20-26)29-13-12-27(42-43(29)55-25-54-42)23-53-39-9-5-19-52-39/h1-3,5-7,9-11,14-16,18-22,25,27,29,32,37-38,41,44-46,52-53,57-59,61-63,66H,4,8,12-13,17,23-24,51H2,(H,54,55)(H,64,65). The molecule has 2 fully saturated rings. The topological polar surface area (TPSA) is 300 Å². The van der Waals surface area contributed by atoms with E-state index in [2.05, 4.69) is 20.3 Å². The number of allylic oxidation sites excluding steroid dienone is 1. The number of carboxylic acid groups (broad SMARTS) is 1. The number of aliphatic carboxylic acids is 1. The molecule has 1 saturated heterocycles. The summed E-state index contributed by atoms with van der Waals surface area (Å²) in [6.07, 6.45) is 5.19. The summed E-state index contributed by atoms with van der Waals surface area (Å²) in [4.78, 5) is 41.4. The fraction of sp³-hybridized carbons (Fsp3) is 0.380. The fourth-order valence-electron chi connectivity index (χ4n) is 11.8. The number of aromatic hydroxyl groups is 2. The van der Waals surface area contributed by atoms with E-state index in [0.29, 0.717) is 36.9 Å². The number of phenolic OH excluding ortho intramolecular Hbond substituents is 2. The number of carbonyl (C=O) groups is 2. The number of aromatic amines is 2. The molecule has 3 aromatic carbocycles. The van der Waals surface area contributed by atoms with Gasteiger partial charge in [0.05, 0.1) is 24.3 Å². The average Bonchev–Trinajstić information content (AvgIpc) is 4.20. The van der Waals surface area contributed by atoms with Crippen LogP contribution in [0.1, 0.15) is 83.5 Å². The first-order valence-corrected chi connectivity index (χ1v) is 22.8. The maximum Gasteiger partial charge on any atom is 0.355 e. The molecule has 18 nitrogen and oxygen atoms in total. The Balaban J connectivity index is 1.03. The monoisotopic (exact) mass is 930 g/mol. The van der Waals surface area contributed by atoms with Gasteiger partial charge in [0.1, 0.15) is 29.9 Å². The number of aliphatic hydroxyl groups is 5. The van der Waals surface area contributed by atoms with Crippen LogP contribution < -0.4 is 20.7 Å². The predicted octanol–water partition coefficient (Wildman–Crippen LogP) is 3.37. The second-order valence-electron chi connectivity index (χ2n) is 18.6. The largest absolute Gasteiger partial charge is 0.508 e. The Morgan fingerprint density at radius 2 is 1.78 bits per heavy atom. The summed E-state index contributed by atoms with van der Waals surface area (Å²) in [6.45, 7) is -0.249. The lowest BCUT2D eigenvalue weighted by Gasteiger charge is -2.44. The highest BCUT2D eigenvalue weighted by Gasteiger charge is 2.67. The summed E-state index contributed by atoms with van der Waals surface area (Å²) in [5.41, 5.74) is 8.18. The number of hydrogen-bond acceptors (Lipinski definition) is 14. The zero-order valence-corrected chi connectivity index (χ0v) is 36.7. The molecular formula is C50H54N6O12. The van der Waals surface area contributed by atoms with Crippen LogP contribution in [0.4, 0.5) is 11.5 Å². The van der Waals surface area contributed by atoms with E-state index in [1.54, 1.807) is 24.5 Å². The quantitative estimate of drug-likeness (QED) is 0.0485. The van der Waals surface area contributed by atoms with Crippen molar-refractivity contribution >= 4 is 29.5 Å². The number of nitrogens with one attached hydrogen (secondary N) is 3. The molecule has 1 amide bonds. The average molecular weight is 931 g/mol. The normalized spacial score (nSPS) is 32.8. The van der Waals surface area contributed by atoms with Gasteiger partial charge in [-0.25, -0.2) is 9.78 Å². The lowest BCUT2D eigenvalue weighted by Crippen LogP contribution is -2.67. The third-order valence-corrected chi connectivity index (χ3v) is 15.1. The molecule has 356 valence electrons. The molecule has 0 bridgehead atoms. The maximum absolute atomic E-state index is 15.0. The Bertz CT molecular complexity index is 2760. The first kappa shape index (κ1) is 45.3. The van der Waals surface area contributed by atoms with E-state index in [1.807, 2.05) is 54.7 Å². The van der Waals surface area contributed by atoms with Gasteiger partial charge < -0.3 is 71.3 Å². The number of aromatic nitrogens is 3. The van der Waals surface area contributed by atoms with Crippen LogP contribution in [0.25, 0.3) is 6.08 Å². The van der Waals surface area contributed by atoms with Crippen LogP contribution in [0.3, 0.4) is 0 Å². The van der Waals surface area contributed by atoms with Crippen LogP contribution in [-0.2, 0) is 19.7 Å². The van der Waals surface area contributed by atoms with Crippen molar-refractivity contribution in [3.63, 3.8) is 0 Å². The van der Waals surface area contributed by atoms with Gasteiger partial charge in [-0.3, -0.25) is 9.69 Å². The molecule has 4 heterocycles. The molecule has 18 heteroatoms. The smallest absolute Gasteiger partial charge is 0.355 e. The van der Waals surface area contributed by atoms with Gasteiger partial charge in [0.15, 0.2) is 23.1 Å². The Hall–Kier alpha value is -6.51. The molecule has 1 saturated carbocycles. The van der Waals surface area contributed by atoms with E-state index in [4.69, 9.17) is 15.2 Å². The number of carbonyl (C=O) groups excluding carboxylic acids is 1. The van der Waals surface area contributed by atoms with Crippen molar-refractivity contribution in [1.29, 1.82) is 0 Å².